The Balaban J connectivity index is 1.56. The Morgan fingerprint density at radius 2 is 2.05 bits per heavy atom. The maximum absolute atomic E-state index is 5.45. The second-order valence-electron chi connectivity index (χ2n) is 5.00. The number of hydrogen-bond acceptors (Lipinski definition) is 3. The Bertz CT molecular complexity index is 535. The van der Waals surface area contributed by atoms with Gasteiger partial charge in [0.25, 0.3) is 0 Å². The Labute approximate surface area is 114 Å². The lowest BCUT2D eigenvalue weighted by atomic mass is 10.1. The predicted octanol–water partition coefficient (Wildman–Crippen LogP) is 2.63. The lowest BCUT2D eigenvalue weighted by Gasteiger charge is -2.23. The van der Waals surface area contributed by atoms with Crippen LogP contribution in [0.15, 0.2) is 42.5 Å². The number of nitrogens with one attached hydrogen (secondary N) is 2. The third kappa shape index (κ3) is 3.25. The molecule has 2 N–H and O–H groups in total. The highest BCUT2D eigenvalue weighted by Crippen LogP contribution is 2.18. The molecule has 1 atom stereocenters. The van der Waals surface area contributed by atoms with E-state index >= 15 is 0 Å². The van der Waals surface area contributed by atoms with Gasteiger partial charge in [0, 0.05) is 24.8 Å². The summed E-state index contributed by atoms with van der Waals surface area (Å²) in [7, 11) is 0. The minimum absolute atomic E-state index is 0.488. The van der Waals surface area contributed by atoms with Crippen molar-refractivity contribution in [1.82, 2.24) is 5.32 Å². The second kappa shape index (κ2) is 6.04. The van der Waals surface area contributed by atoms with Crippen LogP contribution in [0.25, 0.3) is 10.8 Å². The molecule has 0 amide bonds. The van der Waals surface area contributed by atoms with Gasteiger partial charge in [-0.2, -0.15) is 0 Å². The van der Waals surface area contributed by atoms with Crippen LogP contribution in [0.3, 0.4) is 0 Å². The van der Waals surface area contributed by atoms with Crippen LogP contribution in [0, 0.1) is 0 Å². The summed E-state index contributed by atoms with van der Waals surface area (Å²) in [5.41, 5.74) is 1.19. The summed E-state index contributed by atoms with van der Waals surface area (Å²) in [6.07, 6.45) is 1.09. The molecule has 100 valence electrons. The fraction of sp³-hybridized carbons (Fsp3) is 0.375. The first-order chi connectivity index (χ1) is 9.42. The fourth-order valence-corrected chi connectivity index (χ4v) is 2.50. The van der Waals surface area contributed by atoms with Crippen molar-refractivity contribution in [3.8, 4) is 0 Å². The second-order valence-corrected chi connectivity index (χ2v) is 5.00. The van der Waals surface area contributed by atoms with Crippen molar-refractivity contribution in [3.05, 3.63) is 42.5 Å². The first kappa shape index (κ1) is 12.5. The molecule has 0 spiro atoms. The first-order valence-electron chi connectivity index (χ1n) is 6.96. The molecule has 1 unspecified atom stereocenters. The van der Waals surface area contributed by atoms with Crippen molar-refractivity contribution in [2.24, 2.45) is 0 Å². The topological polar surface area (TPSA) is 33.3 Å². The van der Waals surface area contributed by atoms with E-state index in [0.717, 1.165) is 32.7 Å². The van der Waals surface area contributed by atoms with Crippen LogP contribution < -0.4 is 10.6 Å². The first-order valence-corrected chi connectivity index (χ1v) is 6.96. The number of hydrogen-bond donors (Lipinski definition) is 2. The molecule has 19 heavy (non-hydrogen) atoms. The quantitative estimate of drug-likeness (QED) is 0.882. The Morgan fingerprint density at radius 3 is 2.89 bits per heavy atom. The number of fused-ring (bicyclic) bond motifs is 1. The van der Waals surface area contributed by atoms with Gasteiger partial charge in [0.15, 0.2) is 0 Å². The van der Waals surface area contributed by atoms with E-state index in [1.165, 1.54) is 16.5 Å². The zero-order valence-corrected chi connectivity index (χ0v) is 11.1. The van der Waals surface area contributed by atoms with Crippen molar-refractivity contribution in [1.29, 1.82) is 0 Å². The summed E-state index contributed by atoms with van der Waals surface area (Å²) in [6.45, 7) is 3.62. The maximum atomic E-state index is 5.45. The lowest BCUT2D eigenvalue weighted by Crippen LogP contribution is -2.42. The van der Waals surface area contributed by atoms with E-state index in [-0.39, 0.29) is 0 Å². The summed E-state index contributed by atoms with van der Waals surface area (Å²) in [6, 6.07) is 15.5. The Morgan fingerprint density at radius 1 is 1.16 bits per heavy atom. The van der Waals surface area contributed by atoms with Gasteiger partial charge in [-0.05, 0) is 29.3 Å². The van der Waals surface area contributed by atoms with Gasteiger partial charge in [0.05, 0.1) is 13.2 Å². The minimum atomic E-state index is 0.488. The van der Waals surface area contributed by atoms with Gasteiger partial charge in [0.1, 0.15) is 0 Å². The van der Waals surface area contributed by atoms with Gasteiger partial charge in [-0.3, -0.25) is 0 Å². The molecule has 1 aliphatic rings. The Kier molecular flexibility index (Phi) is 3.96. The van der Waals surface area contributed by atoms with Crippen molar-refractivity contribution in [2.45, 2.75) is 12.5 Å². The zero-order valence-electron chi connectivity index (χ0n) is 11.1. The molecule has 3 heteroatoms. The van der Waals surface area contributed by atoms with Gasteiger partial charge >= 0.3 is 0 Å². The van der Waals surface area contributed by atoms with Crippen LogP contribution in [0.5, 0.6) is 0 Å². The largest absolute Gasteiger partial charge is 0.385 e. The lowest BCUT2D eigenvalue weighted by molar-refractivity contribution is 0.0753. The molecule has 2 aromatic rings. The van der Waals surface area contributed by atoms with E-state index in [1.807, 2.05) is 0 Å². The summed E-state index contributed by atoms with van der Waals surface area (Å²) in [4.78, 5) is 0. The van der Waals surface area contributed by atoms with E-state index < -0.39 is 0 Å². The number of anilines is 1. The average Bonchev–Trinajstić information content (AvgIpc) is 2.48. The third-order valence-electron chi connectivity index (χ3n) is 3.57. The van der Waals surface area contributed by atoms with Gasteiger partial charge in [-0.15, -0.1) is 0 Å². The van der Waals surface area contributed by atoms with Crippen LogP contribution >= 0.6 is 0 Å². The molecule has 3 rings (SSSR count). The molecule has 2 aromatic carbocycles. The van der Waals surface area contributed by atoms with E-state index in [1.54, 1.807) is 0 Å². The highest BCUT2D eigenvalue weighted by atomic mass is 16.5. The standard InChI is InChI=1S/C16H20N2O/c1-2-4-14-11-15(6-5-13(14)3-1)17-8-7-16-12-19-10-9-18-16/h1-6,11,16-18H,7-10,12H2. The predicted molar refractivity (Wildman–Crippen MR) is 79.7 cm³/mol. The van der Waals surface area contributed by atoms with Crippen LogP contribution in [-0.2, 0) is 4.74 Å². The number of ether oxygens (including phenoxy) is 1. The summed E-state index contributed by atoms with van der Waals surface area (Å²) in [5, 5.41) is 9.53. The van der Waals surface area contributed by atoms with E-state index in [9.17, 15) is 0 Å². The molecular weight excluding hydrogens is 236 g/mol. The molecule has 3 nitrogen and oxygen atoms in total. The van der Waals surface area contributed by atoms with Gasteiger partial charge in [-0.1, -0.05) is 30.3 Å². The minimum Gasteiger partial charge on any atom is -0.385 e. The van der Waals surface area contributed by atoms with Crippen molar-refractivity contribution in [3.63, 3.8) is 0 Å². The Hall–Kier alpha value is -1.58. The third-order valence-corrected chi connectivity index (χ3v) is 3.57. The number of benzene rings is 2. The van der Waals surface area contributed by atoms with Crippen molar-refractivity contribution < 1.29 is 4.74 Å². The normalized spacial score (nSPS) is 19.5. The SMILES string of the molecule is c1ccc2cc(NCCC3COCCN3)ccc2c1. The van der Waals surface area contributed by atoms with E-state index in [4.69, 9.17) is 4.74 Å². The van der Waals surface area contributed by atoms with Crippen LogP contribution in [0.4, 0.5) is 5.69 Å². The molecule has 0 aliphatic carbocycles. The van der Waals surface area contributed by atoms with Crippen molar-refractivity contribution in [2.75, 3.05) is 31.6 Å². The molecule has 0 bridgehead atoms. The monoisotopic (exact) mass is 256 g/mol. The van der Waals surface area contributed by atoms with Gasteiger partial charge in [0.2, 0.25) is 0 Å². The molecule has 1 aliphatic heterocycles. The molecular formula is C16H20N2O. The van der Waals surface area contributed by atoms with E-state index in [2.05, 4.69) is 53.1 Å². The van der Waals surface area contributed by atoms with E-state index in [0.29, 0.717) is 6.04 Å². The fourth-order valence-electron chi connectivity index (χ4n) is 2.50. The smallest absolute Gasteiger partial charge is 0.0620 e. The highest BCUT2D eigenvalue weighted by Gasteiger charge is 2.11. The van der Waals surface area contributed by atoms with Crippen LogP contribution in [0.2, 0.25) is 0 Å². The molecule has 0 radical (unpaired) electrons. The molecule has 0 aromatic heterocycles. The molecule has 1 saturated heterocycles. The van der Waals surface area contributed by atoms with Gasteiger partial charge < -0.3 is 15.4 Å². The van der Waals surface area contributed by atoms with Crippen LogP contribution in [0.1, 0.15) is 6.42 Å². The number of morpholine rings is 1. The molecule has 0 saturated carbocycles. The number of rotatable bonds is 4. The summed E-state index contributed by atoms with van der Waals surface area (Å²) < 4.78 is 5.45. The van der Waals surface area contributed by atoms with Crippen LogP contribution in [-0.4, -0.2) is 32.3 Å². The average molecular weight is 256 g/mol. The molecule has 1 fully saturated rings. The summed E-state index contributed by atoms with van der Waals surface area (Å²) >= 11 is 0. The van der Waals surface area contributed by atoms with Gasteiger partial charge in [-0.25, -0.2) is 0 Å². The highest BCUT2D eigenvalue weighted by molar-refractivity contribution is 5.85. The zero-order chi connectivity index (χ0) is 12.9. The van der Waals surface area contributed by atoms with Crippen molar-refractivity contribution >= 4 is 16.5 Å². The maximum Gasteiger partial charge on any atom is 0.0620 e. The summed E-state index contributed by atoms with van der Waals surface area (Å²) in [5.74, 6) is 0. The molecule has 1 heterocycles.